The van der Waals surface area contributed by atoms with E-state index in [0.29, 0.717) is 17.3 Å². The fourth-order valence-electron chi connectivity index (χ4n) is 1.77. The number of thioether (sulfide) groups is 1. The number of hydrogen-bond donors (Lipinski definition) is 1. The normalized spacial score (nSPS) is 11.5. The molecule has 2 aromatic rings. The molecule has 0 heterocycles. The molecule has 0 bridgehead atoms. The predicted octanol–water partition coefficient (Wildman–Crippen LogP) is 4.21. The van der Waals surface area contributed by atoms with Gasteiger partial charge in [0.25, 0.3) is 0 Å². The molecule has 0 aliphatic rings. The Kier molecular flexibility index (Phi) is 6.59. The van der Waals surface area contributed by atoms with Crippen LogP contribution >= 0.6 is 35.0 Å². The third-order valence-corrected chi connectivity index (χ3v) is 6.04. The van der Waals surface area contributed by atoms with Gasteiger partial charge in [-0.05, 0) is 23.8 Å². The molecule has 22 heavy (non-hydrogen) atoms. The van der Waals surface area contributed by atoms with Gasteiger partial charge < -0.3 is 0 Å². The molecule has 0 saturated carbocycles. The first-order valence-electron chi connectivity index (χ1n) is 6.55. The zero-order valence-corrected chi connectivity index (χ0v) is 14.8. The minimum Gasteiger partial charge on any atom is -0.210 e. The van der Waals surface area contributed by atoms with Crippen LogP contribution in [0, 0.1) is 0 Å². The van der Waals surface area contributed by atoms with Crippen LogP contribution in [0.5, 0.6) is 0 Å². The second-order valence-corrected chi connectivity index (χ2v) is 8.19. The van der Waals surface area contributed by atoms with Crippen molar-refractivity contribution in [1.29, 1.82) is 0 Å². The molecule has 2 rings (SSSR count). The number of benzene rings is 2. The van der Waals surface area contributed by atoms with Gasteiger partial charge in [0.2, 0.25) is 10.0 Å². The molecule has 0 aliphatic carbocycles. The number of halogens is 2. The summed E-state index contributed by atoms with van der Waals surface area (Å²) in [5.74, 6) is 1.52. The Bertz CT molecular complexity index is 722. The highest BCUT2D eigenvalue weighted by Crippen LogP contribution is 2.24. The van der Waals surface area contributed by atoms with Crippen LogP contribution in [-0.2, 0) is 15.8 Å². The molecule has 0 fully saturated rings. The fraction of sp³-hybridized carbons (Fsp3) is 0.200. The second-order valence-electron chi connectivity index (χ2n) is 4.51. The summed E-state index contributed by atoms with van der Waals surface area (Å²) >= 11 is 13.4. The van der Waals surface area contributed by atoms with Crippen LogP contribution < -0.4 is 4.72 Å². The molecule has 0 radical (unpaired) electrons. The van der Waals surface area contributed by atoms with Gasteiger partial charge in [0.05, 0.1) is 5.02 Å². The standard InChI is InChI=1S/C15H15Cl2NO2S2/c16-13-6-7-14(17)15(10-13)22(19,20)18-8-9-21-11-12-4-2-1-3-5-12/h1-7,10,18H,8-9,11H2. The minimum absolute atomic E-state index is 0.00901. The Morgan fingerprint density at radius 1 is 1.05 bits per heavy atom. The second kappa shape index (κ2) is 8.22. The predicted molar refractivity (Wildman–Crippen MR) is 94.3 cm³/mol. The van der Waals surface area contributed by atoms with Crippen molar-refractivity contribution in [3.05, 3.63) is 64.1 Å². The van der Waals surface area contributed by atoms with Crippen molar-refractivity contribution in [2.24, 2.45) is 0 Å². The molecule has 2 aromatic carbocycles. The highest BCUT2D eigenvalue weighted by Gasteiger charge is 2.17. The van der Waals surface area contributed by atoms with Gasteiger partial charge in [-0.25, -0.2) is 13.1 Å². The Hall–Kier alpha value is -0.720. The van der Waals surface area contributed by atoms with E-state index in [1.807, 2.05) is 30.3 Å². The number of rotatable bonds is 7. The lowest BCUT2D eigenvalue weighted by Gasteiger charge is -2.08. The lowest BCUT2D eigenvalue weighted by atomic mass is 10.2. The average Bonchev–Trinajstić information content (AvgIpc) is 2.50. The summed E-state index contributed by atoms with van der Waals surface area (Å²) in [6, 6.07) is 14.4. The van der Waals surface area contributed by atoms with Gasteiger partial charge in [0.15, 0.2) is 0 Å². The molecule has 0 unspecified atom stereocenters. The number of sulfonamides is 1. The molecular formula is C15H15Cl2NO2S2. The molecule has 118 valence electrons. The van der Waals surface area contributed by atoms with E-state index >= 15 is 0 Å². The average molecular weight is 376 g/mol. The van der Waals surface area contributed by atoms with E-state index in [-0.39, 0.29) is 9.92 Å². The molecular weight excluding hydrogens is 361 g/mol. The van der Waals surface area contributed by atoms with Crippen LogP contribution in [0.15, 0.2) is 53.4 Å². The summed E-state index contributed by atoms with van der Waals surface area (Å²) in [5.41, 5.74) is 1.22. The molecule has 0 spiro atoms. The largest absolute Gasteiger partial charge is 0.242 e. The van der Waals surface area contributed by atoms with E-state index in [9.17, 15) is 8.42 Å². The van der Waals surface area contributed by atoms with Crippen LogP contribution in [0.2, 0.25) is 10.0 Å². The topological polar surface area (TPSA) is 46.2 Å². The van der Waals surface area contributed by atoms with Crippen molar-refractivity contribution >= 4 is 45.0 Å². The third kappa shape index (κ3) is 5.18. The van der Waals surface area contributed by atoms with E-state index in [2.05, 4.69) is 4.72 Å². The van der Waals surface area contributed by atoms with Crippen LogP contribution in [-0.4, -0.2) is 20.7 Å². The van der Waals surface area contributed by atoms with Crippen molar-refractivity contribution < 1.29 is 8.42 Å². The summed E-state index contributed by atoms with van der Waals surface area (Å²) in [4.78, 5) is 0.00901. The maximum Gasteiger partial charge on any atom is 0.242 e. The van der Waals surface area contributed by atoms with Gasteiger partial charge in [-0.2, -0.15) is 11.8 Å². The maximum absolute atomic E-state index is 12.2. The Balaban J connectivity index is 1.84. The quantitative estimate of drug-likeness (QED) is 0.737. The van der Waals surface area contributed by atoms with Crippen molar-refractivity contribution in [3.8, 4) is 0 Å². The lowest BCUT2D eigenvalue weighted by Crippen LogP contribution is -2.26. The van der Waals surface area contributed by atoms with Crippen molar-refractivity contribution in [2.75, 3.05) is 12.3 Å². The van der Waals surface area contributed by atoms with E-state index in [1.165, 1.54) is 17.7 Å². The molecule has 0 atom stereocenters. The van der Waals surface area contributed by atoms with Gasteiger partial charge >= 0.3 is 0 Å². The molecule has 1 N–H and O–H groups in total. The molecule has 7 heteroatoms. The number of nitrogens with one attached hydrogen (secondary N) is 1. The van der Waals surface area contributed by atoms with Gasteiger partial charge in [-0.3, -0.25) is 0 Å². The summed E-state index contributed by atoms with van der Waals surface area (Å²) < 4.78 is 26.9. The van der Waals surface area contributed by atoms with E-state index < -0.39 is 10.0 Å². The van der Waals surface area contributed by atoms with Gasteiger partial charge in [-0.15, -0.1) is 0 Å². The van der Waals surface area contributed by atoms with Gasteiger partial charge in [0, 0.05) is 23.1 Å². The van der Waals surface area contributed by atoms with Crippen molar-refractivity contribution in [1.82, 2.24) is 4.72 Å². The Labute approximate surface area is 145 Å². The zero-order chi connectivity index (χ0) is 16.0. The summed E-state index contributed by atoms with van der Waals surface area (Å²) in [6.45, 7) is 0.336. The SMILES string of the molecule is O=S(=O)(NCCSCc1ccccc1)c1cc(Cl)ccc1Cl. The Morgan fingerprint density at radius 2 is 1.77 bits per heavy atom. The molecule has 0 aliphatic heterocycles. The van der Waals surface area contributed by atoms with Crippen LogP contribution in [0.3, 0.4) is 0 Å². The molecule has 0 aromatic heterocycles. The van der Waals surface area contributed by atoms with Gasteiger partial charge in [0.1, 0.15) is 4.90 Å². The summed E-state index contributed by atoms with van der Waals surface area (Å²) in [5, 5.41) is 0.497. The smallest absolute Gasteiger partial charge is 0.210 e. The first kappa shape index (κ1) is 17.6. The third-order valence-electron chi connectivity index (χ3n) is 2.83. The van der Waals surface area contributed by atoms with E-state index in [1.54, 1.807) is 17.8 Å². The van der Waals surface area contributed by atoms with E-state index in [0.717, 1.165) is 5.75 Å². The maximum atomic E-state index is 12.2. The van der Waals surface area contributed by atoms with Crippen molar-refractivity contribution in [2.45, 2.75) is 10.6 Å². The van der Waals surface area contributed by atoms with Crippen LogP contribution in [0.4, 0.5) is 0 Å². The first-order chi connectivity index (χ1) is 10.5. The lowest BCUT2D eigenvalue weighted by molar-refractivity contribution is 0.584. The minimum atomic E-state index is -3.64. The summed E-state index contributed by atoms with van der Waals surface area (Å²) in [7, 11) is -3.64. The Morgan fingerprint density at radius 3 is 2.50 bits per heavy atom. The van der Waals surface area contributed by atoms with Crippen LogP contribution in [0.1, 0.15) is 5.56 Å². The van der Waals surface area contributed by atoms with Crippen molar-refractivity contribution in [3.63, 3.8) is 0 Å². The molecule has 0 saturated heterocycles. The summed E-state index contributed by atoms with van der Waals surface area (Å²) in [6.07, 6.45) is 0. The van der Waals surface area contributed by atoms with E-state index in [4.69, 9.17) is 23.2 Å². The highest BCUT2D eigenvalue weighted by molar-refractivity contribution is 7.98. The zero-order valence-electron chi connectivity index (χ0n) is 11.6. The first-order valence-corrected chi connectivity index (χ1v) is 9.95. The fourth-order valence-corrected chi connectivity index (χ4v) is 4.51. The van der Waals surface area contributed by atoms with Gasteiger partial charge in [-0.1, -0.05) is 53.5 Å². The molecule has 0 amide bonds. The number of hydrogen-bond acceptors (Lipinski definition) is 3. The molecule has 3 nitrogen and oxygen atoms in total. The van der Waals surface area contributed by atoms with Crippen LogP contribution in [0.25, 0.3) is 0 Å². The highest BCUT2D eigenvalue weighted by atomic mass is 35.5. The monoisotopic (exact) mass is 375 g/mol.